The molecule has 0 bridgehead atoms. The zero-order chi connectivity index (χ0) is 15.1. The first-order valence-electron chi connectivity index (χ1n) is 6.86. The molecule has 110 valence electrons. The van der Waals surface area contributed by atoms with Gasteiger partial charge in [-0.3, -0.25) is 9.59 Å². The Morgan fingerprint density at radius 1 is 1.14 bits per heavy atom. The largest absolute Gasteiger partial charge is 0.347 e. The van der Waals surface area contributed by atoms with Crippen molar-refractivity contribution >= 4 is 17.6 Å². The van der Waals surface area contributed by atoms with Gasteiger partial charge in [0, 0.05) is 18.7 Å². The van der Waals surface area contributed by atoms with Crippen LogP contribution in [0.4, 0.5) is 5.82 Å². The molecule has 2 rings (SSSR count). The second-order valence-corrected chi connectivity index (χ2v) is 4.56. The molecule has 2 aromatic rings. The third kappa shape index (κ3) is 4.45. The van der Waals surface area contributed by atoms with Crippen LogP contribution in [0.25, 0.3) is 5.69 Å². The first-order chi connectivity index (χ1) is 10.2. The van der Waals surface area contributed by atoms with Crippen molar-refractivity contribution in [3.05, 3.63) is 42.6 Å². The fraction of sp³-hybridized carbons (Fsp3) is 0.267. The van der Waals surface area contributed by atoms with E-state index in [9.17, 15) is 9.59 Å². The van der Waals surface area contributed by atoms with Gasteiger partial charge in [-0.15, -0.1) is 0 Å². The molecule has 0 atom stereocenters. The van der Waals surface area contributed by atoms with Crippen molar-refractivity contribution in [2.24, 2.45) is 0 Å². The molecule has 1 aromatic carbocycles. The molecule has 1 aromatic heterocycles. The number of para-hydroxylation sites is 1. The van der Waals surface area contributed by atoms with Gasteiger partial charge in [0.05, 0.1) is 12.2 Å². The first-order valence-corrected chi connectivity index (χ1v) is 6.86. The average molecular weight is 286 g/mol. The SMILES string of the molecule is CCCC(=O)NCC(=O)Nc1ccn(-c2ccccc2)n1. The van der Waals surface area contributed by atoms with E-state index >= 15 is 0 Å². The Morgan fingerprint density at radius 2 is 1.90 bits per heavy atom. The lowest BCUT2D eigenvalue weighted by Crippen LogP contribution is -2.32. The topological polar surface area (TPSA) is 76.0 Å². The van der Waals surface area contributed by atoms with Gasteiger partial charge < -0.3 is 10.6 Å². The van der Waals surface area contributed by atoms with Gasteiger partial charge in [0.1, 0.15) is 0 Å². The molecule has 6 heteroatoms. The molecule has 2 N–H and O–H groups in total. The van der Waals surface area contributed by atoms with Crippen molar-refractivity contribution in [3.63, 3.8) is 0 Å². The molecule has 0 fully saturated rings. The van der Waals surface area contributed by atoms with E-state index in [0.717, 1.165) is 12.1 Å². The summed E-state index contributed by atoms with van der Waals surface area (Å²) in [6.45, 7) is 1.87. The standard InChI is InChI=1S/C15H18N4O2/c1-2-6-14(20)16-11-15(21)17-13-9-10-19(18-13)12-7-4-3-5-8-12/h3-5,7-10H,2,6,11H2,1H3,(H,16,20)(H,17,18,21). The molecule has 0 unspecified atom stereocenters. The van der Waals surface area contributed by atoms with Crippen molar-refractivity contribution < 1.29 is 9.59 Å². The van der Waals surface area contributed by atoms with Gasteiger partial charge in [0.25, 0.3) is 0 Å². The number of anilines is 1. The Labute approximate surface area is 123 Å². The van der Waals surface area contributed by atoms with E-state index in [1.54, 1.807) is 16.9 Å². The second-order valence-electron chi connectivity index (χ2n) is 4.56. The van der Waals surface area contributed by atoms with Gasteiger partial charge in [-0.1, -0.05) is 25.1 Å². The molecular weight excluding hydrogens is 268 g/mol. The van der Waals surface area contributed by atoms with Crippen molar-refractivity contribution in [3.8, 4) is 5.69 Å². The lowest BCUT2D eigenvalue weighted by molar-refractivity contribution is -0.124. The summed E-state index contributed by atoms with van der Waals surface area (Å²) in [6, 6.07) is 11.3. The molecule has 0 saturated heterocycles. The molecule has 0 aliphatic carbocycles. The van der Waals surface area contributed by atoms with Crippen LogP contribution in [0.5, 0.6) is 0 Å². The van der Waals surface area contributed by atoms with E-state index in [1.165, 1.54) is 0 Å². The summed E-state index contributed by atoms with van der Waals surface area (Å²) in [6.07, 6.45) is 2.95. The Bertz CT molecular complexity index is 607. The predicted molar refractivity (Wildman–Crippen MR) is 80.1 cm³/mol. The van der Waals surface area contributed by atoms with E-state index in [4.69, 9.17) is 0 Å². The number of hydrogen-bond donors (Lipinski definition) is 2. The zero-order valence-corrected chi connectivity index (χ0v) is 11.9. The van der Waals surface area contributed by atoms with Crippen LogP contribution in [0.3, 0.4) is 0 Å². The summed E-state index contributed by atoms with van der Waals surface area (Å²) in [5.74, 6) is 0.0359. The Balaban J connectivity index is 1.88. The third-order valence-corrected chi connectivity index (χ3v) is 2.80. The molecule has 6 nitrogen and oxygen atoms in total. The minimum atomic E-state index is -0.294. The molecular formula is C15H18N4O2. The Hall–Kier alpha value is -2.63. The number of amides is 2. The van der Waals surface area contributed by atoms with Gasteiger partial charge in [0.15, 0.2) is 5.82 Å². The van der Waals surface area contributed by atoms with Gasteiger partial charge in [-0.05, 0) is 18.6 Å². The number of nitrogens with zero attached hydrogens (tertiary/aromatic N) is 2. The van der Waals surface area contributed by atoms with Crippen LogP contribution in [-0.4, -0.2) is 28.1 Å². The maximum Gasteiger partial charge on any atom is 0.244 e. The molecule has 0 spiro atoms. The normalized spacial score (nSPS) is 10.1. The maximum absolute atomic E-state index is 11.7. The molecule has 2 amide bonds. The van der Waals surface area contributed by atoms with Crippen molar-refractivity contribution in [1.82, 2.24) is 15.1 Å². The fourth-order valence-electron chi connectivity index (χ4n) is 1.80. The summed E-state index contributed by atoms with van der Waals surface area (Å²) in [7, 11) is 0. The van der Waals surface area contributed by atoms with E-state index in [0.29, 0.717) is 12.2 Å². The molecule has 0 radical (unpaired) electrons. The molecule has 21 heavy (non-hydrogen) atoms. The van der Waals surface area contributed by atoms with Crippen LogP contribution in [0, 0.1) is 0 Å². The second kappa shape index (κ2) is 7.23. The van der Waals surface area contributed by atoms with Crippen LogP contribution in [0.1, 0.15) is 19.8 Å². The monoisotopic (exact) mass is 286 g/mol. The van der Waals surface area contributed by atoms with Crippen LogP contribution < -0.4 is 10.6 Å². The van der Waals surface area contributed by atoms with Crippen LogP contribution in [0.15, 0.2) is 42.6 Å². The molecule has 0 aliphatic rings. The molecule has 1 heterocycles. The van der Waals surface area contributed by atoms with Crippen molar-refractivity contribution in [2.75, 3.05) is 11.9 Å². The van der Waals surface area contributed by atoms with E-state index in [-0.39, 0.29) is 18.4 Å². The van der Waals surface area contributed by atoms with Crippen molar-refractivity contribution in [1.29, 1.82) is 0 Å². The highest BCUT2D eigenvalue weighted by Crippen LogP contribution is 2.09. The number of carbonyl (C=O) groups excluding carboxylic acids is 2. The minimum Gasteiger partial charge on any atom is -0.347 e. The number of nitrogens with one attached hydrogen (secondary N) is 2. The molecule has 0 saturated carbocycles. The average Bonchev–Trinajstić information content (AvgIpc) is 2.95. The Morgan fingerprint density at radius 3 is 2.62 bits per heavy atom. The first kappa shape index (κ1) is 14.8. The van der Waals surface area contributed by atoms with E-state index < -0.39 is 0 Å². The van der Waals surface area contributed by atoms with Crippen LogP contribution in [0.2, 0.25) is 0 Å². The number of aromatic nitrogens is 2. The lowest BCUT2D eigenvalue weighted by atomic mass is 10.3. The summed E-state index contributed by atoms with van der Waals surface area (Å²) in [5, 5.41) is 9.46. The lowest BCUT2D eigenvalue weighted by Gasteiger charge is -2.04. The van der Waals surface area contributed by atoms with Crippen LogP contribution in [-0.2, 0) is 9.59 Å². The molecule has 0 aliphatic heterocycles. The maximum atomic E-state index is 11.7. The highest BCUT2D eigenvalue weighted by atomic mass is 16.2. The van der Waals surface area contributed by atoms with E-state index in [2.05, 4.69) is 15.7 Å². The number of carbonyl (C=O) groups is 2. The van der Waals surface area contributed by atoms with Gasteiger partial charge in [0.2, 0.25) is 11.8 Å². The van der Waals surface area contributed by atoms with E-state index in [1.807, 2.05) is 37.3 Å². The van der Waals surface area contributed by atoms with Gasteiger partial charge >= 0.3 is 0 Å². The quantitative estimate of drug-likeness (QED) is 0.849. The predicted octanol–water partition coefficient (Wildman–Crippen LogP) is 1.73. The van der Waals surface area contributed by atoms with Crippen molar-refractivity contribution in [2.45, 2.75) is 19.8 Å². The minimum absolute atomic E-state index is 0.0446. The summed E-state index contributed by atoms with van der Waals surface area (Å²) in [4.78, 5) is 23.0. The summed E-state index contributed by atoms with van der Waals surface area (Å²) >= 11 is 0. The zero-order valence-electron chi connectivity index (χ0n) is 11.9. The smallest absolute Gasteiger partial charge is 0.244 e. The number of rotatable bonds is 6. The van der Waals surface area contributed by atoms with Crippen LogP contribution >= 0.6 is 0 Å². The fourth-order valence-corrected chi connectivity index (χ4v) is 1.80. The summed E-state index contributed by atoms with van der Waals surface area (Å²) in [5.41, 5.74) is 0.911. The van der Waals surface area contributed by atoms with Gasteiger partial charge in [-0.2, -0.15) is 5.10 Å². The Kier molecular flexibility index (Phi) is 5.09. The third-order valence-electron chi connectivity index (χ3n) is 2.80. The number of hydrogen-bond acceptors (Lipinski definition) is 3. The number of benzene rings is 1. The highest BCUT2D eigenvalue weighted by Gasteiger charge is 2.07. The highest BCUT2D eigenvalue weighted by molar-refractivity contribution is 5.93. The van der Waals surface area contributed by atoms with Gasteiger partial charge in [-0.25, -0.2) is 4.68 Å². The summed E-state index contributed by atoms with van der Waals surface area (Å²) < 4.78 is 1.67.